The molecule has 4 rings (SSSR count). The lowest BCUT2D eigenvalue weighted by Gasteiger charge is -2.37. The summed E-state index contributed by atoms with van der Waals surface area (Å²) in [5.74, 6) is -0.0449. The summed E-state index contributed by atoms with van der Waals surface area (Å²) in [7, 11) is 1.82. The summed E-state index contributed by atoms with van der Waals surface area (Å²) in [4.78, 5) is 19.0. The van der Waals surface area contributed by atoms with Gasteiger partial charge in [0.1, 0.15) is 11.1 Å². The van der Waals surface area contributed by atoms with Crippen molar-refractivity contribution in [2.45, 2.75) is 25.4 Å². The number of aryl methyl sites for hydroxylation is 2. The van der Waals surface area contributed by atoms with E-state index in [9.17, 15) is 9.90 Å². The molecule has 1 amide bonds. The molecular formula is C19H21N5O2. The maximum atomic E-state index is 12.8. The maximum absolute atomic E-state index is 12.8. The number of pyridine rings is 1. The third-order valence-corrected chi connectivity index (χ3v) is 5.12. The van der Waals surface area contributed by atoms with Crippen LogP contribution in [0.3, 0.4) is 0 Å². The first-order chi connectivity index (χ1) is 12.5. The molecule has 7 heteroatoms. The summed E-state index contributed by atoms with van der Waals surface area (Å²) in [5, 5.41) is 19.0. The number of aromatic nitrogens is 4. The van der Waals surface area contributed by atoms with E-state index >= 15 is 0 Å². The van der Waals surface area contributed by atoms with Crippen LogP contribution in [0.4, 0.5) is 0 Å². The second kappa shape index (κ2) is 6.17. The minimum atomic E-state index is -0.973. The predicted molar refractivity (Wildman–Crippen MR) is 96.5 cm³/mol. The number of hydrogen-bond donors (Lipinski definition) is 1. The Bertz CT molecular complexity index is 956. The van der Waals surface area contributed by atoms with Crippen LogP contribution in [-0.2, 0) is 12.6 Å². The number of benzene rings is 1. The van der Waals surface area contributed by atoms with Crippen molar-refractivity contribution in [3.8, 4) is 0 Å². The molecule has 3 aromatic rings. The number of carbonyl (C=O) groups is 1. The van der Waals surface area contributed by atoms with E-state index in [0.29, 0.717) is 42.7 Å². The Morgan fingerprint density at radius 1 is 1.19 bits per heavy atom. The first-order valence-electron chi connectivity index (χ1n) is 8.70. The monoisotopic (exact) mass is 351 g/mol. The van der Waals surface area contributed by atoms with E-state index in [2.05, 4.69) is 15.3 Å². The van der Waals surface area contributed by atoms with Crippen LogP contribution >= 0.6 is 0 Å². The van der Waals surface area contributed by atoms with Crippen LogP contribution in [0.25, 0.3) is 11.0 Å². The van der Waals surface area contributed by atoms with Gasteiger partial charge in [0, 0.05) is 31.9 Å². The number of nitrogens with zero attached hydrogens (tertiary/aromatic N) is 5. The normalized spacial score (nSPS) is 16.8. The van der Waals surface area contributed by atoms with Crippen LogP contribution in [0.15, 0.2) is 36.5 Å². The van der Waals surface area contributed by atoms with Gasteiger partial charge in [-0.2, -0.15) is 0 Å². The van der Waals surface area contributed by atoms with Crippen molar-refractivity contribution in [3.05, 3.63) is 53.3 Å². The van der Waals surface area contributed by atoms with E-state index in [0.717, 1.165) is 11.1 Å². The fraction of sp³-hybridized carbons (Fsp3) is 0.368. The average Bonchev–Trinajstić information content (AvgIpc) is 3.03. The molecule has 0 atom stereocenters. The SMILES string of the molecule is Cc1ccc(C2(O)CCN(C(=O)c3ccc4c(c3)nnn4C)CC2)nc1. The Hall–Kier alpha value is -2.80. The molecule has 1 aliphatic rings. The average molecular weight is 351 g/mol. The molecule has 0 unspecified atom stereocenters. The second-order valence-corrected chi connectivity index (χ2v) is 6.96. The Kier molecular flexibility index (Phi) is 3.96. The summed E-state index contributed by atoms with van der Waals surface area (Å²) in [5.41, 5.74) is 2.95. The van der Waals surface area contributed by atoms with Crippen molar-refractivity contribution in [3.63, 3.8) is 0 Å². The lowest BCUT2D eigenvalue weighted by molar-refractivity contribution is -0.0244. The fourth-order valence-corrected chi connectivity index (χ4v) is 3.44. The number of hydrogen-bond acceptors (Lipinski definition) is 5. The van der Waals surface area contributed by atoms with Gasteiger partial charge in [-0.1, -0.05) is 11.3 Å². The van der Waals surface area contributed by atoms with E-state index in [1.807, 2.05) is 32.2 Å². The van der Waals surface area contributed by atoms with E-state index in [-0.39, 0.29) is 5.91 Å². The van der Waals surface area contributed by atoms with E-state index in [1.54, 1.807) is 27.9 Å². The second-order valence-electron chi connectivity index (χ2n) is 6.96. The van der Waals surface area contributed by atoms with Gasteiger partial charge >= 0.3 is 0 Å². The van der Waals surface area contributed by atoms with Gasteiger partial charge in [0.15, 0.2) is 0 Å². The van der Waals surface area contributed by atoms with Crippen LogP contribution in [0.1, 0.15) is 34.5 Å². The van der Waals surface area contributed by atoms with Gasteiger partial charge in [-0.15, -0.1) is 5.10 Å². The summed E-state index contributed by atoms with van der Waals surface area (Å²) < 4.78 is 1.68. The van der Waals surface area contributed by atoms with E-state index in [1.165, 1.54) is 0 Å². The van der Waals surface area contributed by atoms with Gasteiger partial charge in [-0.3, -0.25) is 9.78 Å². The fourth-order valence-electron chi connectivity index (χ4n) is 3.44. The number of amides is 1. The smallest absolute Gasteiger partial charge is 0.253 e. The lowest BCUT2D eigenvalue weighted by atomic mass is 9.87. The molecule has 2 aromatic heterocycles. The molecule has 1 aromatic carbocycles. The van der Waals surface area contributed by atoms with Crippen molar-refractivity contribution in [2.75, 3.05) is 13.1 Å². The first kappa shape index (κ1) is 16.7. The van der Waals surface area contributed by atoms with Gasteiger partial charge < -0.3 is 10.0 Å². The van der Waals surface area contributed by atoms with Crippen molar-refractivity contribution in [1.29, 1.82) is 0 Å². The number of piperidine rings is 1. The molecule has 3 heterocycles. The summed E-state index contributed by atoms with van der Waals surface area (Å²) in [6.45, 7) is 2.95. The van der Waals surface area contributed by atoms with Crippen molar-refractivity contribution < 1.29 is 9.90 Å². The van der Waals surface area contributed by atoms with Crippen LogP contribution < -0.4 is 0 Å². The zero-order valence-corrected chi connectivity index (χ0v) is 14.9. The van der Waals surface area contributed by atoms with Gasteiger partial charge in [0.2, 0.25) is 0 Å². The minimum absolute atomic E-state index is 0.0449. The molecule has 0 radical (unpaired) electrons. The van der Waals surface area contributed by atoms with Crippen molar-refractivity contribution >= 4 is 16.9 Å². The number of carbonyl (C=O) groups excluding carboxylic acids is 1. The van der Waals surface area contributed by atoms with Gasteiger partial charge in [0.25, 0.3) is 5.91 Å². The molecule has 1 fully saturated rings. The Morgan fingerprint density at radius 3 is 2.65 bits per heavy atom. The number of aliphatic hydroxyl groups is 1. The first-order valence-corrected chi connectivity index (χ1v) is 8.70. The number of fused-ring (bicyclic) bond motifs is 1. The highest BCUT2D eigenvalue weighted by molar-refractivity contribution is 5.97. The van der Waals surface area contributed by atoms with Crippen LogP contribution in [-0.4, -0.2) is 49.0 Å². The molecule has 26 heavy (non-hydrogen) atoms. The summed E-state index contributed by atoms with van der Waals surface area (Å²) >= 11 is 0. The maximum Gasteiger partial charge on any atom is 0.253 e. The van der Waals surface area contributed by atoms with Gasteiger partial charge in [-0.25, -0.2) is 4.68 Å². The molecule has 134 valence electrons. The molecular weight excluding hydrogens is 330 g/mol. The molecule has 0 aliphatic carbocycles. The van der Waals surface area contributed by atoms with Crippen molar-refractivity contribution in [1.82, 2.24) is 24.9 Å². The molecule has 1 aliphatic heterocycles. The molecule has 7 nitrogen and oxygen atoms in total. The van der Waals surface area contributed by atoms with E-state index in [4.69, 9.17) is 0 Å². The Balaban J connectivity index is 1.49. The van der Waals surface area contributed by atoms with Gasteiger partial charge in [0.05, 0.1) is 11.2 Å². The highest BCUT2D eigenvalue weighted by atomic mass is 16.3. The largest absolute Gasteiger partial charge is 0.383 e. The molecule has 1 N–H and O–H groups in total. The highest BCUT2D eigenvalue weighted by Gasteiger charge is 2.36. The zero-order valence-electron chi connectivity index (χ0n) is 14.9. The minimum Gasteiger partial charge on any atom is -0.383 e. The molecule has 0 bridgehead atoms. The van der Waals surface area contributed by atoms with Crippen LogP contribution in [0.2, 0.25) is 0 Å². The number of rotatable bonds is 2. The lowest BCUT2D eigenvalue weighted by Crippen LogP contribution is -2.45. The summed E-state index contributed by atoms with van der Waals surface area (Å²) in [6, 6.07) is 9.26. The van der Waals surface area contributed by atoms with Crippen molar-refractivity contribution in [2.24, 2.45) is 7.05 Å². The zero-order chi connectivity index (χ0) is 18.3. The molecule has 1 saturated heterocycles. The third kappa shape index (κ3) is 2.84. The molecule has 0 spiro atoms. The number of likely N-dealkylation sites (tertiary alicyclic amines) is 1. The molecule has 0 saturated carbocycles. The Morgan fingerprint density at radius 2 is 1.96 bits per heavy atom. The van der Waals surface area contributed by atoms with E-state index < -0.39 is 5.60 Å². The topological polar surface area (TPSA) is 84.1 Å². The van der Waals surface area contributed by atoms with Gasteiger partial charge in [-0.05, 0) is 49.6 Å². The summed E-state index contributed by atoms with van der Waals surface area (Å²) in [6.07, 6.45) is 2.71. The third-order valence-electron chi connectivity index (χ3n) is 5.12. The Labute approximate surface area is 151 Å². The quantitative estimate of drug-likeness (QED) is 0.761. The standard InChI is InChI=1S/C19H21N5O2/c1-13-3-6-17(20-12-13)19(26)7-9-24(10-8-19)18(25)14-4-5-16-15(11-14)21-22-23(16)2/h3-6,11-12,26H,7-10H2,1-2H3. The predicted octanol–water partition coefficient (Wildman–Crippen LogP) is 1.80. The highest BCUT2D eigenvalue weighted by Crippen LogP contribution is 2.32. The van der Waals surface area contributed by atoms with Crippen LogP contribution in [0, 0.1) is 6.92 Å². The van der Waals surface area contributed by atoms with Crippen LogP contribution in [0.5, 0.6) is 0 Å².